The number of nitrogens with two attached hydrogens (primary N) is 1. The molecule has 5 heteroatoms. The third kappa shape index (κ3) is 23.0. The molecule has 33 heavy (non-hydrogen) atoms. The molecule has 1 aliphatic heterocycles. The highest BCUT2D eigenvalue weighted by Gasteiger charge is 2.05. The minimum atomic E-state index is 0.667. The molecule has 0 aromatic heterocycles. The van der Waals surface area contributed by atoms with Gasteiger partial charge in [-0.25, -0.2) is 4.99 Å². The molecule has 0 saturated carbocycles. The van der Waals surface area contributed by atoms with Gasteiger partial charge in [0.15, 0.2) is 0 Å². The number of ether oxygens (including phenoxy) is 2. The molecular formula is C28H45N3O2. The summed E-state index contributed by atoms with van der Waals surface area (Å²) in [6, 6.07) is 0. The molecule has 0 radical (unpaired) electrons. The Bertz CT molecular complexity index is 745. The first kappa shape index (κ1) is 34.2. The molecule has 1 aliphatic rings. The van der Waals surface area contributed by atoms with Crippen molar-refractivity contribution in [2.75, 3.05) is 7.11 Å². The van der Waals surface area contributed by atoms with Crippen LogP contribution in [0.4, 0.5) is 0 Å². The van der Waals surface area contributed by atoms with Gasteiger partial charge in [-0.15, -0.1) is 13.2 Å². The summed E-state index contributed by atoms with van der Waals surface area (Å²) in [5.41, 5.74) is 6.60. The van der Waals surface area contributed by atoms with Gasteiger partial charge in [0.1, 0.15) is 17.3 Å². The van der Waals surface area contributed by atoms with E-state index in [4.69, 9.17) is 15.2 Å². The van der Waals surface area contributed by atoms with Crippen LogP contribution in [0.1, 0.15) is 54.4 Å². The highest BCUT2D eigenvalue weighted by Crippen LogP contribution is 2.15. The summed E-state index contributed by atoms with van der Waals surface area (Å²) in [7, 11) is 1.60. The predicted molar refractivity (Wildman–Crippen MR) is 147 cm³/mol. The van der Waals surface area contributed by atoms with E-state index in [1.807, 2.05) is 76.4 Å². The summed E-state index contributed by atoms with van der Waals surface area (Å²) >= 11 is 0. The molecule has 0 bridgehead atoms. The minimum Gasteiger partial charge on any atom is -0.504 e. The molecule has 184 valence electrons. The summed E-state index contributed by atoms with van der Waals surface area (Å²) in [4.78, 5) is 4.45. The number of aliphatic imine (C=N–C) groups is 1. The Balaban J connectivity index is -0.000000988. The normalized spacial score (nSPS) is 13.4. The van der Waals surface area contributed by atoms with Crippen LogP contribution in [0.5, 0.6) is 0 Å². The van der Waals surface area contributed by atoms with Crippen LogP contribution >= 0.6 is 0 Å². The third-order valence-corrected chi connectivity index (χ3v) is 3.03. The minimum absolute atomic E-state index is 0.667. The standard InChI is InChI=1S/C21H28N2O2.C3H7N.C2H6.C2H4/c1-5-8-12-19(14-16-24-4)25-20-13-9-15-22-21(17-20)23-18(10-6-2)11-7-3;1-3(2)4;2*1-2/h5-6,8,10-17,23H,7,9H2,1-4H3;1,4H2,2H3;1-2H3;1-2H2/b8-5-,10-6-,16-14+,18-11+,19-12+;;;. The monoisotopic (exact) mass is 455 g/mol. The molecule has 0 amide bonds. The van der Waals surface area contributed by atoms with Crippen molar-refractivity contribution in [2.24, 2.45) is 10.7 Å². The first-order valence-electron chi connectivity index (χ1n) is 11.1. The Morgan fingerprint density at radius 2 is 1.85 bits per heavy atom. The topological polar surface area (TPSA) is 68.9 Å². The van der Waals surface area contributed by atoms with Gasteiger partial charge in [-0.3, -0.25) is 0 Å². The molecule has 0 aromatic carbocycles. The fourth-order valence-corrected chi connectivity index (χ4v) is 1.98. The summed E-state index contributed by atoms with van der Waals surface area (Å²) in [6.07, 6.45) is 22.6. The lowest BCUT2D eigenvalue weighted by atomic mass is 10.3. The van der Waals surface area contributed by atoms with Crippen LogP contribution in [0.25, 0.3) is 0 Å². The SMILES string of the molecule is C=C.C=C(C)N.CC.C\C=C/C=C(\C=C\OC)OC1=CCC=NC(NC(/C=C\C)=C/CC)=C1. The van der Waals surface area contributed by atoms with Crippen LogP contribution in [0.15, 0.2) is 114 Å². The second kappa shape index (κ2) is 26.6. The highest BCUT2D eigenvalue weighted by molar-refractivity contribution is 5.62. The van der Waals surface area contributed by atoms with E-state index in [1.165, 1.54) is 0 Å². The first-order valence-corrected chi connectivity index (χ1v) is 11.1. The van der Waals surface area contributed by atoms with Crippen LogP contribution in [-0.4, -0.2) is 13.3 Å². The number of hydrogen-bond acceptors (Lipinski definition) is 5. The second-order valence-corrected chi connectivity index (χ2v) is 5.96. The Morgan fingerprint density at radius 3 is 2.36 bits per heavy atom. The Morgan fingerprint density at radius 1 is 1.21 bits per heavy atom. The summed E-state index contributed by atoms with van der Waals surface area (Å²) in [5, 5.41) is 3.33. The quantitative estimate of drug-likeness (QED) is 0.213. The summed E-state index contributed by atoms with van der Waals surface area (Å²) < 4.78 is 11.0. The molecule has 0 aromatic rings. The molecule has 3 N–H and O–H groups in total. The zero-order chi connectivity index (χ0) is 25.9. The number of nitrogens with one attached hydrogen (secondary N) is 1. The van der Waals surface area contributed by atoms with E-state index in [0.717, 1.165) is 23.7 Å². The largest absolute Gasteiger partial charge is 0.504 e. The number of allylic oxidation sites excluding steroid dienone is 10. The van der Waals surface area contributed by atoms with Crippen molar-refractivity contribution in [3.63, 3.8) is 0 Å². The molecule has 5 nitrogen and oxygen atoms in total. The van der Waals surface area contributed by atoms with Crippen LogP contribution in [0.3, 0.4) is 0 Å². The summed E-state index contributed by atoms with van der Waals surface area (Å²) in [5.74, 6) is 2.15. The smallest absolute Gasteiger partial charge is 0.133 e. The zero-order valence-corrected chi connectivity index (χ0v) is 21.7. The van der Waals surface area contributed by atoms with Gasteiger partial charge in [-0.2, -0.15) is 0 Å². The number of hydrogen-bond donors (Lipinski definition) is 2. The molecule has 0 spiro atoms. The molecule has 0 unspecified atom stereocenters. The highest BCUT2D eigenvalue weighted by atomic mass is 16.5. The average Bonchev–Trinajstić information content (AvgIpc) is 3.03. The van der Waals surface area contributed by atoms with Gasteiger partial charge in [0.2, 0.25) is 0 Å². The van der Waals surface area contributed by atoms with Crippen molar-refractivity contribution in [1.82, 2.24) is 5.32 Å². The lowest BCUT2D eigenvalue weighted by Gasteiger charge is -2.10. The van der Waals surface area contributed by atoms with E-state index in [2.05, 4.69) is 43.0 Å². The zero-order valence-electron chi connectivity index (χ0n) is 21.7. The van der Waals surface area contributed by atoms with Crippen molar-refractivity contribution in [3.8, 4) is 0 Å². The van der Waals surface area contributed by atoms with Crippen LogP contribution in [0, 0.1) is 0 Å². The lowest BCUT2D eigenvalue weighted by Crippen LogP contribution is -2.10. The number of nitrogens with zero attached hydrogens (tertiary/aromatic N) is 1. The first-order chi connectivity index (χ1) is 16.0. The fraction of sp³-hybridized carbons (Fsp3) is 0.321. The number of rotatable bonds is 9. The van der Waals surface area contributed by atoms with Crippen LogP contribution < -0.4 is 11.1 Å². The molecule has 0 fully saturated rings. The van der Waals surface area contributed by atoms with Gasteiger partial charge in [-0.05, 0) is 51.1 Å². The van der Waals surface area contributed by atoms with E-state index in [9.17, 15) is 0 Å². The van der Waals surface area contributed by atoms with Gasteiger partial charge in [0.25, 0.3) is 0 Å². The Kier molecular flexibility index (Phi) is 27.5. The second-order valence-electron chi connectivity index (χ2n) is 5.96. The van der Waals surface area contributed by atoms with E-state index < -0.39 is 0 Å². The molecule has 1 rings (SSSR count). The lowest BCUT2D eigenvalue weighted by molar-refractivity contribution is 0.316. The third-order valence-electron chi connectivity index (χ3n) is 3.03. The van der Waals surface area contributed by atoms with Gasteiger partial charge < -0.3 is 20.5 Å². The fourth-order valence-electron chi connectivity index (χ4n) is 1.98. The van der Waals surface area contributed by atoms with E-state index in [1.54, 1.807) is 26.4 Å². The van der Waals surface area contributed by atoms with Gasteiger partial charge in [0.05, 0.1) is 13.4 Å². The maximum Gasteiger partial charge on any atom is 0.133 e. The van der Waals surface area contributed by atoms with E-state index in [-0.39, 0.29) is 0 Å². The van der Waals surface area contributed by atoms with Gasteiger partial charge >= 0.3 is 0 Å². The molecule has 1 heterocycles. The predicted octanol–water partition coefficient (Wildman–Crippen LogP) is 7.59. The maximum absolute atomic E-state index is 5.98. The molecule has 0 saturated heterocycles. The van der Waals surface area contributed by atoms with Crippen molar-refractivity contribution in [2.45, 2.75) is 54.4 Å². The van der Waals surface area contributed by atoms with Crippen molar-refractivity contribution >= 4 is 6.21 Å². The molecular weight excluding hydrogens is 410 g/mol. The van der Waals surface area contributed by atoms with E-state index >= 15 is 0 Å². The number of methoxy groups -OCH3 is 1. The van der Waals surface area contributed by atoms with Crippen molar-refractivity contribution in [1.29, 1.82) is 0 Å². The van der Waals surface area contributed by atoms with Gasteiger partial charge in [-0.1, -0.05) is 51.7 Å². The summed E-state index contributed by atoms with van der Waals surface area (Å²) in [6.45, 7) is 21.1. The van der Waals surface area contributed by atoms with Crippen LogP contribution in [0.2, 0.25) is 0 Å². The van der Waals surface area contributed by atoms with Crippen molar-refractivity contribution in [3.05, 3.63) is 109 Å². The Labute approximate surface area is 202 Å². The van der Waals surface area contributed by atoms with Crippen LogP contribution in [-0.2, 0) is 9.47 Å². The molecule has 0 aliphatic carbocycles. The van der Waals surface area contributed by atoms with Gasteiger partial charge in [0, 0.05) is 30.5 Å². The van der Waals surface area contributed by atoms with E-state index in [0.29, 0.717) is 17.9 Å². The maximum atomic E-state index is 5.98. The van der Waals surface area contributed by atoms with Crippen molar-refractivity contribution < 1.29 is 9.47 Å². The average molecular weight is 456 g/mol. The Hall–Kier alpha value is -3.47. The molecule has 0 atom stereocenters.